The first kappa shape index (κ1) is 21.1. The number of halogens is 1. The van der Waals surface area contributed by atoms with Crippen molar-refractivity contribution in [2.24, 2.45) is 0 Å². The second kappa shape index (κ2) is 9.27. The van der Waals surface area contributed by atoms with Gasteiger partial charge in [-0.1, -0.05) is 38.1 Å². The summed E-state index contributed by atoms with van der Waals surface area (Å²) in [6.07, 6.45) is 0.480. The molecule has 0 atom stereocenters. The van der Waals surface area contributed by atoms with Crippen molar-refractivity contribution >= 4 is 29.1 Å². The Kier molecular flexibility index (Phi) is 6.75. The average molecular weight is 414 g/mol. The zero-order chi connectivity index (χ0) is 21.0. The maximum absolute atomic E-state index is 13.1. The van der Waals surface area contributed by atoms with Crippen LogP contribution in [0.3, 0.4) is 0 Å². The second-order valence-corrected chi connectivity index (χ2v) is 8.55. The maximum Gasteiger partial charge on any atom is 0.268 e. The van der Waals surface area contributed by atoms with Crippen molar-refractivity contribution in [2.45, 2.75) is 32.4 Å². The van der Waals surface area contributed by atoms with E-state index in [-0.39, 0.29) is 29.4 Å². The van der Waals surface area contributed by atoms with E-state index in [1.807, 2.05) is 45.0 Å². The molecule has 0 saturated heterocycles. The van der Waals surface area contributed by atoms with Gasteiger partial charge in [-0.3, -0.25) is 14.5 Å². The molecule has 6 heteroatoms. The summed E-state index contributed by atoms with van der Waals surface area (Å²) in [5, 5.41) is 0.163. The van der Waals surface area contributed by atoms with Gasteiger partial charge in [0.2, 0.25) is 0 Å². The first-order chi connectivity index (χ1) is 13.9. The van der Waals surface area contributed by atoms with Crippen LogP contribution in [0.1, 0.15) is 31.9 Å². The highest BCUT2D eigenvalue weighted by molar-refractivity contribution is 8.04. The predicted octanol–water partition coefficient (Wildman–Crippen LogP) is 4.69. The number of amides is 2. The van der Waals surface area contributed by atoms with Crippen LogP contribution in [-0.2, 0) is 16.0 Å². The smallest absolute Gasteiger partial charge is 0.268 e. The van der Waals surface area contributed by atoms with Gasteiger partial charge in [-0.05, 0) is 48.7 Å². The molecule has 29 heavy (non-hydrogen) atoms. The molecular weight excluding hydrogens is 389 g/mol. The van der Waals surface area contributed by atoms with Gasteiger partial charge in [0.25, 0.3) is 11.8 Å². The van der Waals surface area contributed by atoms with Gasteiger partial charge in [-0.25, -0.2) is 4.39 Å². The van der Waals surface area contributed by atoms with Gasteiger partial charge in [-0.2, -0.15) is 0 Å². The summed E-state index contributed by atoms with van der Waals surface area (Å²) in [7, 11) is 0. The number of nitrogens with zero attached hydrogens (tertiary/aromatic N) is 1. The normalized spacial score (nSPS) is 14.3. The Morgan fingerprint density at radius 1 is 1.00 bits per heavy atom. The van der Waals surface area contributed by atoms with Crippen LogP contribution in [0.2, 0.25) is 0 Å². The quantitative estimate of drug-likeness (QED) is 0.589. The van der Waals surface area contributed by atoms with Crippen molar-refractivity contribution in [3.8, 4) is 5.75 Å². The molecule has 0 aliphatic carbocycles. The molecule has 3 rings (SSSR count). The molecular formula is C23H24FNO3S. The average Bonchev–Trinajstić information content (AvgIpc) is 2.92. The summed E-state index contributed by atoms with van der Waals surface area (Å²) in [6, 6.07) is 13.4. The van der Waals surface area contributed by atoms with Crippen molar-refractivity contribution in [2.75, 3.05) is 13.2 Å². The van der Waals surface area contributed by atoms with Crippen molar-refractivity contribution in [1.82, 2.24) is 4.90 Å². The molecule has 2 aromatic carbocycles. The maximum atomic E-state index is 13.1. The molecule has 152 valence electrons. The minimum Gasteiger partial charge on any atom is -0.494 e. The summed E-state index contributed by atoms with van der Waals surface area (Å²) in [5.41, 5.74) is 2.02. The summed E-state index contributed by atoms with van der Waals surface area (Å²) >= 11 is 1.41. The minimum atomic E-state index is -0.308. The van der Waals surface area contributed by atoms with Crippen LogP contribution in [0.4, 0.5) is 4.39 Å². The molecule has 0 bridgehead atoms. The van der Waals surface area contributed by atoms with E-state index in [0.29, 0.717) is 29.1 Å². The van der Waals surface area contributed by atoms with Gasteiger partial charge in [0.05, 0.1) is 17.1 Å². The molecule has 0 radical (unpaired) electrons. The van der Waals surface area contributed by atoms with Crippen molar-refractivity contribution < 1.29 is 18.7 Å². The molecule has 1 heterocycles. The largest absolute Gasteiger partial charge is 0.494 e. The first-order valence-electron chi connectivity index (χ1n) is 9.65. The molecule has 2 aromatic rings. The highest BCUT2D eigenvalue weighted by Gasteiger charge is 2.39. The van der Waals surface area contributed by atoms with Crippen LogP contribution < -0.4 is 4.74 Å². The monoisotopic (exact) mass is 413 g/mol. The number of hydrogen-bond acceptors (Lipinski definition) is 4. The fourth-order valence-corrected chi connectivity index (χ4v) is 4.14. The van der Waals surface area contributed by atoms with Gasteiger partial charge in [-0.15, -0.1) is 11.8 Å². The molecule has 0 fully saturated rings. The molecule has 1 aliphatic rings. The van der Waals surface area contributed by atoms with Crippen LogP contribution in [-0.4, -0.2) is 35.1 Å². The van der Waals surface area contributed by atoms with Crippen molar-refractivity contribution in [3.63, 3.8) is 0 Å². The van der Waals surface area contributed by atoms with Gasteiger partial charge < -0.3 is 4.74 Å². The van der Waals surface area contributed by atoms with Gasteiger partial charge >= 0.3 is 0 Å². The third-order valence-corrected chi connectivity index (χ3v) is 5.56. The van der Waals surface area contributed by atoms with Crippen LogP contribution in [0.15, 0.2) is 53.4 Å². The lowest BCUT2D eigenvalue weighted by molar-refractivity contribution is -0.136. The number of ether oxygens (including phenoxy) is 1. The molecule has 0 aromatic heterocycles. The molecule has 2 amide bonds. The van der Waals surface area contributed by atoms with E-state index >= 15 is 0 Å². The van der Waals surface area contributed by atoms with Crippen molar-refractivity contribution in [1.29, 1.82) is 0 Å². The lowest BCUT2D eigenvalue weighted by Gasteiger charge is -2.15. The Hall–Kier alpha value is -2.60. The van der Waals surface area contributed by atoms with Gasteiger partial charge in [0, 0.05) is 11.8 Å². The number of rotatable bonds is 8. The van der Waals surface area contributed by atoms with Crippen LogP contribution in [0, 0.1) is 5.82 Å². The predicted molar refractivity (Wildman–Crippen MR) is 114 cm³/mol. The second-order valence-electron chi connectivity index (χ2n) is 6.97. The van der Waals surface area contributed by atoms with Gasteiger partial charge in [0.15, 0.2) is 0 Å². The molecule has 0 unspecified atom stereocenters. The third-order valence-electron chi connectivity index (χ3n) is 4.47. The van der Waals surface area contributed by atoms with Crippen molar-refractivity contribution in [3.05, 3.63) is 70.4 Å². The zero-order valence-corrected chi connectivity index (χ0v) is 17.6. The standard InChI is InChI=1S/C23H24FNO3S/c1-4-28-19-11-7-17(8-12-19)20-21(29-15(2)3)23(27)25(22(20)26)14-13-16-5-9-18(24)10-6-16/h5-12,15H,4,13-14H2,1-3H3. The highest BCUT2D eigenvalue weighted by atomic mass is 32.2. The van der Waals surface area contributed by atoms with E-state index in [0.717, 1.165) is 11.3 Å². The first-order valence-corrected chi connectivity index (χ1v) is 10.5. The Balaban J connectivity index is 1.85. The van der Waals surface area contributed by atoms with E-state index in [2.05, 4.69) is 0 Å². The van der Waals surface area contributed by atoms with E-state index in [1.54, 1.807) is 12.1 Å². The third kappa shape index (κ3) is 4.88. The van der Waals surface area contributed by atoms with Crippen LogP contribution >= 0.6 is 11.8 Å². The van der Waals surface area contributed by atoms with E-state index in [9.17, 15) is 14.0 Å². The Bertz CT molecular complexity index is 920. The van der Waals surface area contributed by atoms with Crippen LogP contribution in [0.5, 0.6) is 5.75 Å². The minimum absolute atomic E-state index is 0.163. The topological polar surface area (TPSA) is 46.6 Å². The SMILES string of the molecule is CCOc1ccc(C2=C(SC(C)C)C(=O)N(CCc3ccc(F)cc3)C2=O)cc1. The van der Waals surface area contributed by atoms with Gasteiger partial charge in [0.1, 0.15) is 11.6 Å². The lowest BCUT2D eigenvalue weighted by atomic mass is 10.1. The summed E-state index contributed by atoms with van der Waals surface area (Å²) in [4.78, 5) is 27.9. The van der Waals surface area contributed by atoms with Crippen LogP contribution in [0.25, 0.3) is 5.57 Å². The zero-order valence-electron chi connectivity index (χ0n) is 16.8. The summed E-state index contributed by atoms with van der Waals surface area (Å²) in [6.45, 7) is 6.71. The molecule has 0 saturated carbocycles. The Morgan fingerprint density at radius 2 is 1.66 bits per heavy atom. The highest BCUT2D eigenvalue weighted by Crippen LogP contribution is 2.38. The molecule has 1 aliphatic heterocycles. The summed E-state index contributed by atoms with van der Waals surface area (Å²) in [5.74, 6) is -0.138. The number of imide groups is 1. The molecule has 0 spiro atoms. The number of hydrogen-bond donors (Lipinski definition) is 0. The number of carbonyl (C=O) groups excluding carboxylic acids is 2. The fourth-order valence-electron chi connectivity index (χ4n) is 3.13. The van der Waals surface area contributed by atoms with E-state index in [1.165, 1.54) is 28.8 Å². The Labute approximate surface area is 174 Å². The van der Waals surface area contributed by atoms with E-state index < -0.39 is 0 Å². The number of carbonyl (C=O) groups is 2. The number of thioether (sulfide) groups is 1. The summed E-state index contributed by atoms with van der Waals surface area (Å²) < 4.78 is 18.6. The van der Waals surface area contributed by atoms with E-state index in [4.69, 9.17) is 4.74 Å². The Morgan fingerprint density at radius 3 is 2.24 bits per heavy atom. The number of benzene rings is 2. The fraction of sp³-hybridized carbons (Fsp3) is 0.304. The molecule has 4 nitrogen and oxygen atoms in total. The molecule has 0 N–H and O–H groups in total. The lowest BCUT2D eigenvalue weighted by Crippen LogP contribution is -2.33.